The number of carbonyl (C=O) groups is 6. The summed E-state index contributed by atoms with van der Waals surface area (Å²) >= 11 is 0. The molecule has 0 bridgehead atoms. The number of rotatable bonds is 11. The average molecular weight is 574 g/mol. The summed E-state index contributed by atoms with van der Waals surface area (Å²) in [7, 11) is 1.12. The molecule has 0 aromatic heterocycles. The molecule has 14 nitrogen and oxygen atoms in total. The van der Waals surface area contributed by atoms with Crippen LogP contribution in [0.4, 0.5) is 0 Å². The highest BCUT2D eigenvalue weighted by Gasteiger charge is 2.60. The first-order valence-corrected chi connectivity index (χ1v) is 13.1. The minimum Gasteiger partial charge on any atom is -0.465 e. The van der Waals surface area contributed by atoms with Crippen LogP contribution < -0.4 is 5.32 Å². The molecule has 0 spiro atoms. The van der Waals surface area contributed by atoms with Crippen LogP contribution in [0.25, 0.3) is 0 Å². The topological polar surface area (TPSA) is 179 Å². The number of carbonyl (C=O) groups excluding carboxylic acids is 6. The van der Waals surface area contributed by atoms with Gasteiger partial charge in [0.05, 0.1) is 25.7 Å². The highest BCUT2D eigenvalue weighted by Crippen LogP contribution is 2.39. The van der Waals surface area contributed by atoms with Crippen molar-refractivity contribution in [2.24, 2.45) is 0 Å². The molecular weight excluding hydrogens is 534 g/mol. The predicted octanol–water partition coefficient (Wildman–Crippen LogP) is 0.857. The quantitative estimate of drug-likeness (QED) is 0.272. The molecule has 2 aliphatic rings. The van der Waals surface area contributed by atoms with E-state index in [2.05, 4.69) is 5.32 Å². The summed E-state index contributed by atoms with van der Waals surface area (Å²) in [5.74, 6) is -6.79. The second kappa shape index (κ2) is 14.9. The molecule has 0 unspecified atom stereocenters. The highest BCUT2D eigenvalue weighted by molar-refractivity contribution is 5.79. The molecule has 2 rings (SSSR count). The molecule has 0 aromatic rings. The Morgan fingerprint density at radius 3 is 2.00 bits per heavy atom. The molecule has 40 heavy (non-hydrogen) atoms. The Bertz CT molecular complexity index is 947. The smallest absolute Gasteiger partial charge is 0.366 e. The zero-order valence-electron chi connectivity index (χ0n) is 23.7. The number of esters is 5. The monoisotopic (exact) mass is 573 g/mol. The Labute approximate surface area is 232 Å². The van der Waals surface area contributed by atoms with Crippen molar-refractivity contribution in [2.75, 3.05) is 13.7 Å². The van der Waals surface area contributed by atoms with E-state index in [1.54, 1.807) is 0 Å². The molecule has 14 heteroatoms. The Hall–Kier alpha value is -3.26. The van der Waals surface area contributed by atoms with Gasteiger partial charge in [0, 0.05) is 34.6 Å². The largest absolute Gasteiger partial charge is 0.465 e. The standard InChI is InChI=1S/C26H39NO13/c1-14(28)27-22-20(36-16(3)30)12-26(25(33)34-6,39-19-10-8-7-9-11-19)40-24(22)23(38-18(5)32)21(37-17(4)31)13-35-15(2)29/h19-24H,7-13H2,1-6H3,(H,27,28)/t20-,21+,22+,23+,24+,26+/m0/s1. The van der Waals surface area contributed by atoms with Crippen molar-refractivity contribution in [3.63, 3.8) is 0 Å². The Kier molecular flexibility index (Phi) is 12.3. The van der Waals surface area contributed by atoms with Gasteiger partial charge in [0.2, 0.25) is 5.91 Å². The Morgan fingerprint density at radius 2 is 1.50 bits per heavy atom. The van der Waals surface area contributed by atoms with E-state index in [9.17, 15) is 28.8 Å². The van der Waals surface area contributed by atoms with Crippen molar-refractivity contribution >= 4 is 35.8 Å². The molecule has 1 amide bonds. The van der Waals surface area contributed by atoms with Crippen LogP contribution in [-0.2, 0) is 61.9 Å². The zero-order valence-corrected chi connectivity index (χ0v) is 23.7. The normalized spacial score (nSPS) is 26.4. The third-order valence-electron chi connectivity index (χ3n) is 6.40. The van der Waals surface area contributed by atoms with Crippen LogP contribution in [-0.4, -0.2) is 91.8 Å². The fourth-order valence-electron chi connectivity index (χ4n) is 4.97. The van der Waals surface area contributed by atoms with E-state index >= 15 is 0 Å². The van der Waals surface area contributed by atoms with E-state index in [0.29, 0.717) is 12.8 Å². The third-order valence-corrected chi connectivity index (χ3v) is 6.40. The molecule has 1 saturated heterocycles. The van der Waals surface area contributed by atoms with Crippen molar-refractivity contribution in [3.05, 3.63) is 0 Å². The van der Waals surface area contributed by atoms with Gasteiger partial charge in [-0.2, -0.15) is 0 Å². The van der Waals surface area contributed by atoms with Gasteiger partial charge in [-0.25, -0.2) is 4.79 Å². The van der Waals surface area contributed by atoms with Gasteiger partial charge in [-0.1, -0.05) is 19.3 Å². The van der Waals surface area contributed by atoms with E-state index < -0.39 is 84.7 Å². The lowest BCUT2D eigenvalue weighted by molar-refractivity contribution is -0.326. The van der Waals surface area contributed by atoms with Gasteiger partial charge in [0.15, 0.2) is 12.2 Å². The number of nitrogens with one attached hydrogen (secondary N) is 1. The molecule has 2 fully saturated rings. The van der Waals surface area contributed by atoms with Crippen LogP contribution in [0.3, 0.4) is 0 Å². The summed E-state index contributed by atoms with van der Waals surface area (Å²) in [5.41, 5.74) is 0. The molecule has 226 valence electrons. The summed E-state index contributed by atoms with van der Waals surface area (Å²) in [6.45, 7) is 5.07. The second-order valence-electron chi connectivity index (χ2n) is 9.81. The van der Waals surface area contributed by atoms with E-state index in [4.69, 9.17) is 33.2 Å². The van der Waals surface area contributed by atoms with Gasteiger partial charge in [-0.05, 0) is 12.8 Å². The number of hydrogen-bond acceptors (Lipinski definition) is 13. The van der Waals surface area contributed by atoms with Crippen LogP contribution in [0.5, 0.6) is 0 Å². The van der Waals surface area contributed by atoms with E-state index in [-0.39, 0.29) is 6.42 Å². The summed E-state index contributed by atoms with van der Waals surface area (Å²) in [4.78, 5) is 73.6. The lowest BCUT2D eigenvalue weighted by atomic mass is 9.87. The van der Waals surface area contributed by atoms with Gasteiger partial charge < -0.3 is 38.5 Å². The third kappa shape index (κ3) is 9.44. The van der Waals surface area contributed by atoms with Gasteiger partial charge in [-0.15, -0.1) is 0 Å². The van der Waals surface area contributed by atoms with E-state index in [0.717, 1.165) is 54.1 Å². The number of amides is 1. The lowest BCUT2D eigenvalue weighted by Crippen LogP contribution is -2.69. The molecule has 1 aliphatic heterocycles. The molecule has 0 aromatic carbocycles. The fraction of sp³-hybridized carbons (Fsp3) is 0.769. The van der Waals surface area contributed by atoms with E-state index in [1.807, 2.05) is 0 Å². The molecule has 1 N–H and O–H groups in total. The van der Waals surface area contributed by atoms with Crippen molar-refractivity contribution in [1.29, 1.82) is 0 Å². The lowest BCUT2D eigenvalue weighted by Gasteiger charge is -2.49. The molecular formula is C26H39NO13. The van der Waals surface area contributed by atoms with Crippen molar-refractivity contribution < 1.29 is 61.9 Å². The summed E-state index contributed by atoms with van der Waals surface area (Å²) in [6.07, 6.45) is -2.65. The van der Waals surface area contributed by atoms with Crippen LogP contribution >= 0.6 is 0 Å². The van der Waals surface area contributed by atoms with Gasteiger partial charge in [0.25, 0.3) is 5.79 Å². The van der Waals surface area contributed by atoms with Crippen LogP contribution in [0.1, 0.15) is 73.1 Å². The minimum atomic E-state index is -2.16. The highest BCUT2D eigenvalue weighted by atomic mass is 16.7. The number of ether oxygens (including phenoxy) is 7. The zero-order chi connectivity index (χ0) is 30.0. The first-order chi connectivity index (χ1) is 18.8. The summed E-state index contributed by atoms with van der Waals surface area (Å²) in [5, 5.41) is 2.62. The number of methoxy groups -OCH3 is 1. The maximum atomic E-state index is 13.3. The summed E-state index contributed by atoms with van der Waals surface area (Å²) in [6, 6.07) is -1.23. The maximum absolute atomic E-state index is 13.3. The van der Waals surface area contributed by atoms with Crippen molar-refractivity contribution in [3.8, 4) is 0 Å². The van der Waals surface area contributed by atoms with Crippen LogP contribution in [0.15, 0.2) is 0 Å². The second-order valence-corrected chi connectivity index (χ2v) is 9.81. The van der Waals surface area contributed by atoms with Crippen LogP contribution in [0, 0.1) is 0 Å². The van der Waals surface area contributed by atoms with Gasteiger partial charge in [0.1, 0.15) is 18.8 Å². The van der Waals surface area contributed by atoms with Crippen molar-refractivity contribution in [2.45, 2.75) is 115 Å². The molecule has 0 radical (unpaired) electrons. The Balaban J connectivity index is 2.70. The first kappa shape index (κ1) is 32.9. The Morgan fingerprint density at radius 1 is 0.875 bits per heavy atom. The molecule has 6 atom stereocenters. The molecule has 1 aliphatic carbocycles. The minimum absolute atomic E-state index is 0.369. The van der Waals surface area contributed by atoms with Crippen LogP contribution in [0.2, 0.25) is 0 Å². The van der Waals surface area contributed by atoms with Gasteiger partial charge in [-0.3, -0.25) is 24.0 Å². The average Bonchev–Trinajstić information content (AvgIpc) is 2.85. The maximum Gasteiger partial charge on any atom is 0.366 e. The first-order valence-electron chi connectivity index (χ1n) is 13.1. The van der Waals surface area contributed by atoms with E-state index in [1.165, 1.54) is 6.92 Å². The molecule has 1 saturated carbocycles. The molecule has 1 heterocycles. The summed E-state index contributed by atoms with van der Waals surface area (Å²) < 4.78 is 39.0. The SMILES string of the molecule is COC(=O)[C@@]1(OC2CCCCC2)C[C@H](OC(C)=O)[C@@H](NC(C)=O)[C@H]([C@H](OC(C)=O)[C@@H](COC(C)=O)OC(C)=O)O1. The van der Waals surface area contributed by atoms with Crippen molar-refractivity contribution in [1.82, 2.24) is 5.32 Å². The fourth-order valence-corrected chi connectivity index (χ4v) is 4.97. The predicted molar refractivity (Wildman–Crippen MR) is 133 cm³/mol. The number of hydrogen-bond donors (Lipinski definition) is 1. The van der Waals surface area contributed by atoms with Gasteiger partial charge >= 0.3 is 29.8 Å².